The zero-order valence-electron chi connectivity index (χ0n) is 14.1. The smallest absolute Gasteiger partial charge is 0.0936 e. The van der Waals surface area contributed by atoms with Gasteiger partial charge in [0.15, 0.2) is 0 Å². The Morgan fingerprint density at radius 1 is 1.24 bits per heavy atom. The number of hydrogen-bond donors (Lipinski definition) is 2. The zero-order valence-corrected chi connectivity index (χ0v) is 14.1. The van der Waals surface area contributed by atoms with E-state index in [4.69, 9.17) is 4.74 Å². The molecule has 1 heterocycles. The number of rotatable bonds is 6. The second kappa shape index (κ2) is 7.91. The highest BCUT2D eigenvalue weighted by atomic mass is 16.5. The molecule has 2 fully saturated rings. The van der Waals surface area contributed by atoms with E-state index in [9.17, 15) is 5.11 Å². The Morgan fingerprint density at radius 2 is 1.95 bits per heavy atom. The third-order valence-corrected chi connectivity index (χ3v) is 5.25. The van der Waals surface area contributed by atoms with Gasteiger partial charge in [-0.2, -0.15) is 0 Å². The van der Waals surface area contributed by atoms with Crippen molar-refractivity contribution in [2.45, 2.75) is 58.7 Å². The molecule has 1 aliphatic heterocycles. The monoisotopic (exact) mass is 298 g/mol. The van der Waals surface area contributed by atoms with E-state index in [1.54, 1.807) is 0 Å². The molecule has 4 heteroatoms. The van der Waals surface area contributed by atoms with Gasteiger partial charge in [-0.1, -0.05) is 26.7 Å². The first-order chi connectivity index (χ1) is 10.1. The standard InChI is InChI=1S/C17H34N2O2/c1-4-18-12-17(7-5-14(2)6-8-17)13-19-9-15(3)21-16(10-19)11-20/h14-16,18,20H,4-13H2,1-3H3. The van der Waals surface area contributed by atoms with Gasteiger partial charge in [-0.25, -0.2) is 0 Å². The quantitative estimate of drug-likeness (QED) is 0.786. The van der Waals surface area contributed by atoms with E-state index >= 15 is 0 Å². The van der Waals surface area contributed by atoms with E-state index in [-0.39, 0.29) is 18.8 Å². The van der Waals surface area contributed by atoms with Crippen LogP contribution in [0.15, 0.2) is 0 Å². The number of aliphatic hydroxyl groups excluding tert-OH is 1. The van der Waals surface area contributed by atoms with E-state index in [0.717, 1.165) is 38.6 Å². The molecule has 0 spiro atoms. The van der Waals surface area contributed by atoms with Gasteiger partial charge in [0.2, 0.25) is 0 Å². The van der Waals surface area contributed by atoms with Crippen molar-refractivity contribution in [1.82, 2.24) is 10.2 Å². The summed E-state index contributed by atoms with van der Waals surface area (Å²) in [4.78, 5) is 2.53. The van der Waals surface area contributed by atoms with Gasteiger partial charge in [-0.3, -0.25) is 4.90 Å². The van der Waals surface area contributed by atoms with E-state index in [2.05, 4.69) is 31.0 Å². The van der Waals surface area contributed by atoms with Gasteiger partial charge in [0, 0.05) is 26.2 Å². The molecule has 1 saturated heterocycles. The lowest BCUT2D eigenvalue weighted by molar-refractivity contribution is -0.105. The summed E-state index contributed by atoms with van der Waals surface area (Å²) >= 11 is 0. The maximum absolute atomic E-state index is 9.41. The molecular weight excluding hydrogens is 264 g/mol. The molecule has 0 aromatic rings. The fourth-order valence-electron chi connectivity index (χ4n) is 4.00. The van der Waals surface area contributed by atoms with Gasteiger partial charge in [0.25, 0.3) is 0 Å². The molecule has 1 aliphatic carbocycles. The van der Waals surface area contributed by atoms with Crippen LogP contribution in [0.2, 0.25) is 0 Å². The molecule has 0 aromatic carbocycles. The van der Waals surface area contributed by atoms with Gasteiger partial charge in [0.05, 0.1) is 18.8 Å². The Kier molecular flexibility index (Phi) is 6.48. The van der Waals surface area contributed by atoms with Crippen LogP contribution in [-0.4, -0.2) is 61.5 Å². The number of nitrogens with zero attached hydrogens (tertiary/aromatic N) is 1. The predicted octanol–water partition coefficient (Wildman–Crippen LogP) is 1.87. The van der Waals surface area contributed by atoms with Crippen molar-refractivity contribution in [1.29, 1.82) is 0 Å². The molecule has 0 amide bonds. The summed E-state index contributed by atoms with van der Waals surface area (Å²) in [5, 5.41) is 13.0. The van der Waals surface area contributed by atoms with Gasteiger partial charge >= 0.3 is 0 Å². The molecule has 4 nitrogen and oxygen atoms in total. The minimum atomic E-state index is -0.00699. The van der Waals surface area contributed by atoms with Crippen LogP contribution in [0.1, 0.15) is 46.5 Å². The summed E-state index contributed by atoms with van der Waals surface area (Å²) in [5.74, 6) is 0.883. The minimum absolute atomic E-state index is 0.00699. The first-order valence-electron chi connectivity index (χ1n) is 8.76. The first-order valence-corrected chi connectivity index (χ1v) is 8.76. The summed E-state index contributed by atoms with van der Waals surface area (Å²) in [6.45, 7) is 12.0. The van der Waals surface area contributed by atoms with Gasteiger partial charge in [-0.05, 0) is 37.6 Å². The van der Waals surface area contributed by atoms with Gasteiger partial charge in [0.1, 0.15) is 0 Å². The minimum Gasteiger partial charge on any atom is -0.394 e. The highest BCUT2D eigenvalue weighted by molar-refractivity contribution is 4.91. The van der Waals surface area contributed by atoms with Crippen molar-refractivity contribution < 1.29 is 9.84 Å². The summed E-state index contributed by atoms with van der Waals surface area (Å²) in [5.41, 5.74) is 0.416. The molecule has 0 aromatic heterocycles. The first kappa shape index (κ1) is 17.2. The lowest BCUT2D eigenvalue weighted by Gasteiger charge is -2.46. The lowest BCUT2D eigenvalue weighted by atomic mass is 9.70. The molecule has 2 rings (SSSR count). The van der Waals surface area contributed by atoms with Gasteiger partial charge in [-0.15, -0.1) is 0 Å². The van der Waals surface area contributed by atoms with E-state index < -0.39 is 0 Å². The maximum atomic E-state index is 9.41. The molecule has 21 heavy (non-hydrogen) atoms. The molecular formula is C17H34N2O2. The summed E-state index contributed by atoms with van der Waals surface area (Å²) in [6, 6.07) is 0. The summed E-state index contributed by atoms with van der Waals surface area (Å²) in [6.07, 6.45) is 5.60. The molecule has 2 unspecified atom stereocenters. The molecule has 0 radical (unpaired) electrons. The summed E-state index contributed by atoms with van der Waals surface area (Å²) < 4.78 is 5.78. The van der Waals surface area contributed by atoms with Crippen LogP contribution in [0.4, 0.5) is 0 Å². The van der Waals surface area contributed by atoms with Crippen molar-refractivity contribution in [3.63, 3.8) is 0 Å². The second-order valence-corrected chi connectivity index (χ2v) is 7.41. The molecule has 0 bridgehead atoms. The van der Waals surface area contributed by atoms with Crippen molar-refractivity contribution in [3.8, 4) is 0 Å². The number of ether oxygens (including phenoxy) is 1. The molecule has 2 atom stereocenters. The molecule has 2 aliphatic rings. The molecule has 1 saturated carbocycles. The third-order valence-electron chi connectivity index (χ3n) is 5.25. The Morgan fingerprint density at radius 3 is 2.57 bits per heavy atom. The lowest BCUT2D eigenvalue weighted by Crippen LogP contribution is -2.53. The van der Waals surface area contributed by atoms with Gasteiger partial charge < -0.3 is 15.2 Å². The molecule has 124 valence electrons. The Bertz CT molecular complexity index is 298. The largest absolute Gasteiger partial charge is 0.394 e. The van der Waals surface area contributed by atoms with Crippen LogP contribution in [0, 0.1) is 11.3 Å². The van der Waals surface area contributed by atoms with Crippen LogP contribution < -0.4 is 5.32 Å². The highest BCUT2D eigenvalue weighted by Gasteiger charge is 2.37. The normalized spacial score (nSPS) is 38.6. The summed E-state index contributed by atoms with van der Waals surface area (Å²) in [7, 11) is 0. The number of nitrogens with one attached hydrogen (secondary N) is 1. The van der Waals surface area contributed by atoms with Crippen molar-refractivity contribution in [3.05, 3.63) is 0 Å². The van der Waals surface area contributed by atoms with Crippen molar-refractivity contribution in [2.75, 3.05) is 39.3 Å². The Hall–Kier alpha value is -0.160. The number of hydrogen-bond acceptors (Lipinski definition) is 4. The van der Waals surface area contributed by atoms with Crippen LogP contribution in [0.5, 0.6) is 0 Å². The van der Waals surface area contributed by atoms with E-state index in [1.165, 1.54) is 25.7 Å². The second-order valence-electron chi connectivity index (χ2n) is 7.41. The predicted molar refractivity (Wildman–Crippen MR) is 86.5 cm³/mol. The fraction of sp³-hybridized carbons (Fsp3) is 1.00. The van der Waals surface area contributed by atoms with Crippen molar-refractivity contribution >= 4 is 0 Å². The Labute approximate surface area is 130 Å². The SMILES string of the molecule is CCNCC1(CN2CC(C)OC(CO)C2)CCC(C)CC1. The van der Waals surface area contributed by atoms with E-state index in [1.807, 2.05) is 0 Å². The zero-order chi connectivity index (χ0) is 15.3. The van der Waals surface area contributed by atoms with Crippen LogP contribution >= 0.6 is 0 Å². The average Bonchev–Trinajstić information content (AvgIpc) is 2.47. The van der Waals surface area contributed by atoms with E-state index in [0.29, 0.717) is 5.41 Å². The average molecular weight is 298 g/mol. The fourth-order valence-corrected chi connectivity index (χ4v) is 4.00. The number of morpholine rings is 1. The Balaban J connectivity index is 1.97. The maximum Gasteiger partial charge on any atom is 0.0936 e. The topological polar surface area (TPSA) is 44.7 Å². The van der Waals surface area contributed by atoms with Crippen LogP contribution in [0.3, 0.4) is 0 Å². The van der Waals surface area contributed by atoms with Crippen LogP contribution in [-0.2, 0) is 4.74 Å². The third kappa shape index (κ3) is 4.92. The van der Waals surface area contributed by atoms with Crippen molar-refractivity contribution in [2.24, 2.45) is 11.3 Å². The number of aliphatic hydroxyl groups is 1. The molecule has 2 N–H and O–H groups in total. The highest BCUT2D eigenvalue weighted by Crippen LogP contribution is 2.39. The van der Waals surface area contributed by atoms with Crippen LogP contribution in [0.25, 0.3) is 0 Å².